The van der Waals surface area contributed by atoms with Crippen LogP contribution in [0.5, 0.6) is 0 Å². The highest BCUT2D eigenvalue weighted by Gasteiger charge is 2.31. The van der Waals surface area contributed by atoms with E-state index in [4.69, 9.17) is 4.74 Å². The van der Waals surface area contributed by atoms with Gasteiger partial charge in [0, 0.05) is 34.8 Å². The average Bonchev–Trinajstić information content (AvgIpc) is 2.49. The van der Waals surface area contributed by atoms with Crippen LogP contribution in [0.3, 0.4) is 0 Å². The van der Waals surface area contributed by atoms with E-state index in [9.17, 15) is 9.00 Å². The summed E-state index contributed by atoms with van der Waals surface area (Å²) in [6, 6.07) is 9.17. The van der Waals surface area contributed by atoms with Gasteiger partial charge in [-0.2, -0.15) is 0 Å². The van der Waals surface area contributed by atoms with E-state index >= 15 is 0 Å². The number of rotatable bonds is 5. The first-order valence-electron chi connectivity index (χ1n) is 6.80. The van der Waals surface area contributed by atoms with Gasteiger partial charge in [-0.3, -0.25) is 9.00 Å². The van der Waals surface area contributed by atoms with E-state index in [1.54, 1.807) is 12.1 Å². The van der Waals surface area contributed by atoms with E-state index in [2.05, 4.69) is 0 Å². The number of hydrogen-bond acceptors (Lipinski definition) is 3. The first kappa shape index (κ1) is 14.4. The lowest BCUT2D eigenvalue weighted by molar-refractivity contribution is 0.0961. The first-order valence-corrected chi connectivity index (χ1v) is 8.08. The maximum Gasteiger partial charge on any atom is 0.178 e. The standard InChI is InChI=1S/C15H20O3S/c1-2-14(15(16)12-6-4-3-5-7-12)19(17)13-8-10-18-11-9-13/h3-7,13-14H,2,8-11H2,1H3. The minimum absolute atomic E-state index is 0.00734. The third-order valence-electron chi connectivity index (χ3n) is 3.50. The molecule has 2 unspecified atom stereocenters. The minimum Gasteiger partial charge on any atom is -0.381 e. The van der Waals surface area contributed by atoms with Gasteiger partial charge in [0.2, 0.25) is 0 Å². The van der Waals surface area contributed by atoms with Crippen LogP contribution in [0, 0.1) is 0 Å². The van der Waals surface area contributed by atoms with Crippen LogP contribution in [0.15, 0.2) is 30.3 Å². The first-order chi connectivity index (χ1) is 9.24. The molecule has 1 fully saturated rings. The van der Waals surface area contributed by atoms with Gasteiger partial charge in [-0.15, -0.1) is 0 Å². The Labute approximate surface area is 116 Å². The van der Waals surface area contributed by atoms with Crippen molar-refractivity contribution in [2.45, 2.75) is 36.7 Å². The van der Waals surface area contributed by atoms with Crippen molar-refractivity contribution < 1.29 is 13.7 Å². The van der Waals surface area contributed by atoms with Crippen molar-refractivity contribution in [3.8, 4) is 0 Å². The molecule has 19 heavy (non-hydrogen) atoms. The van der Waals surface area contributed by atoms with E-state index in [1.807, 2.05) is 25.1 Å². The summed E-state index contributed by atoms with van der Waals surface area (Å²) >= 11 is 0. The summed E-state index contributed by atoms with van der Waals surface area (Å²) in [5.74, 6) is 0.00734. The highest BCUT2D eigenvalue weighted by Crippen LogP contribution is 2.21. The molecule has 0 N–H and O–H groups in total. The van der Waals surface area contributed by atoms with Crippen molar-refractivity contribution in [3.05, 3.63) is 35.9 Å². The van der Waals surface area contributed by atoms with Crippen LogP contribution in [-0.4, -0.2) is 33.7 Å². The highest BCUT2D eigenvalue weighted by molar-refractivity contribution is 7.87. The summed E-state index contributed by atoms with van der Waals surface area (Å²) in [5.41, 5.74) is 0.662. The fraction of sp³-hybridized carbons (Fsp3) is 0.533. The topological polar surface area (TPSA) is 43.4 Å². The second-order valence-electron chi connectivity index (χ2n) is 4.77. The summed E-state index contributed by atoms with van der Waals surface area (Å²) in [6.45, 7) is 3.25. The molecule has 1 saturated heterocycles. The van der Waals surface area contributed by atoms with Crippen LogP contribution in [-0.2, 0) is 15.5 Å². The Balaban J connectivity index is 2.10. The summed E-state index contributed by atoms with van der Waals surface area (Å²) < 4.78 is 17.9. The molecule has 0 amide bonds. The van der Waals surface area contributed by atoms with Gasteiger partial charge >= 0.3 is 0 Å². The van der Waals surface area contributed by atoms with Gasteiger partial charge in [-0.05, 0) is 19.3 Å². The quantitative estimate of drug-likeness (QED) is 0.779. The van der Waals surface area contributed by atoms with E-state index < -0.39 is 10.8 Å². The van der Waals surface area contributed by atoms with E-state index in [0.29, 0.717) is 25.2 Å². The molecule has 1 aromatic rings. The Bertz CT molecular complexity index is 438. The van der Waals surface area contributed by atoms with Crippen molar-refractivity contribution in [3.63, 3.8) is 0 Å². The number of Topliss-reactive ketones (excluding diaryl/α,β-unsaturated/α-hetero) is 1. The SMILES string of the molecule is CCC(C(=O)c1ccccc1)S(=O)C1CCOCC1. The van der Waals surface area contributed by atoms with Gasteiger partial charge in [-0.1, -0.05) is 37.3 Å². The zero-order valence-electron chi connectivity index (χ0n) is 11.2. The van der Waals surface area contributed by atoms with Crippen LogP contribution in [0.1, 0.15) is 36.5 Å². The fourth-order valence-electron chi connectivity index (χ4n) is 2.38. The zero-order chi connectivity index (χ0) is 13.7. The zero-order valence-corrected chi connectivity index (χ0v) is 12.0. The normalized spacial score (nSPS) is 19.8. The summed E-state index contributed by atoms with van der Waals surface area (Å²) in [6.07, 6.45) is 2.22. The maximum atomic E-state index is 12.6. The third kappa shape index (κ3) is 3.51. The van der Waals surface area contributed by atoms with Crippen LogP contribution in [0.25, 0.3) is 0 Å². The predicted molar refractivity (Wildman–Crippen MR) is 76.8 cm³/mol. The summed E-state index contributed by atoms with van der Waals surface area (Å²) in [5, 5.41) is -0.281. The van der Waals surface area contributed by atoms with Crippen molar-refractivity contribution in [2.75, 3.05) is 13.2 Å². The lowest BCUT2D eigenvalue weighted by Gasteiger charge is -2.25. The molecule has 104 valence electrons. The number of benzene rings is 1. The van der Waals surface area contributed by atoms with E-state index in [0.717, 1.165) is 12.8 Å². The molecule has 1 aromatic carbocycles. The molecule has 4 heteroatoms. The molecule has 3 nitrogen and oxygen atoms in total. The predicted octanol–water partition coefficient (Wildman–Crippen LogP) is 2.58. The molecule has 0 aromatic heterocycles. The monoisotopic (exact) mass is 280 g/mol. The van der Waals surface area contributed by atoms with Crippen molar-refractivity contribution in [1.29, 1.82) is 0 Å². The molecule has 2 rings (SSSR count). The molecule has 0 saturated carbocycles. The van der Waals surface area contributed by atoms with Crippen LogP contribution in [0.2, 0.25) is 0 Å². The van der Waals surface area contributed by atoms with Gasteiger partial charge in [0.05, 0.1) is 5.25 Å². The molecular formula is C15H20O3S. The van der Waals surface area contributed by atoms with Crippen molar-refractivity contribution >= 4 is 16.6 Å². The number of carbonyl (C=O) groups excluding carboxylic acids is 1. The molecule has 2 atom stereocenters. The summed E-state index contributed by atoms with van der Waals surface area (Å²) in [4.78, 5) is 12.4. The Hall–Kier alpha value is -1.00. The molecule has 0 bridgehead atoms. The molecule has 0 spiro atoms. The average molecular weight is 280 g/mol. The van der Waals surface area contributed by atoms with Crippen LogP contribution >= 0.6 is 0 Å². The number of ether oxygens (including phenoxy) is 1. The minimum atomic E-state index is -1.10. The van der Waals surface area contributed by atoms with Crippen molar-refractivity contribution in [2.24, 2.45) is 0 Å². The molecule has 0 radical (unpaired) electrons. The Kier molecular flexibility index (Phi) is 5.28. The largest absolute Gasteiger partial charge is 0.381 e. The van der Waals surface area contributed by atoms with Gasteiger partial charge in [0.15, 0.2) is 5.78 Å². The van der Waals surface area contributed by atoms with E-state index in [-0.39, 0.29) is 16.3 Å². The third-order valence-corrected chi connectivity index (χ3v) is 5.74. The highest BCUT2D eigenvalue weighted by atomic mass is 32.2. The molecule has 1 aliphatic rings. The van der Waals surface area contributed by atoms with Gasteiger partial charge in [0.25, 0.3) is 0 Å². The Morgan fingerprint density at radius 2 is 1.95 bits per heavy atom. The number of ketones is 1. The maximum absolute atomic E-state index is 12.6. The summed E-state index contributed by atoms with van der Waals surface area (Å²) in [7, 11) is -1.10. The number of hydrogen-bond donors (Lipinski definition) is 0. The van der Waals surface area contributed by atoms with Gasteiger partial charge in [0.1, 0.15) is 0 Å². The van der Waals surface area contributed by atoms with E-state index in [1.165, 1.54) is 0 Å². The molecule has 0 aliphatic carbocycles. The second kappa shape index (κ2) is 6.96. The second-order valence-corrected chi connectivity index (χ2v) is 6.66. The molecule has 1 aliphatic heterocycles. The Morgan fingerprint density at radius 1 is 1.32 bits per heavy atom. The van der Waals surface area contributed by atoms with Crippen LogP contribution in [0.4, 0.5) is 0 Å². The number of carbonyl (C=O) groups is 1. The lowest BCUT2D eigenvalue weighted by atomic mass is 10.1. The fourth-order valence-corrected chi connectivity index (χ4v) is 4.18. The molecule has 1 heterocycles. The van der Waals surface area contributed by atoms with Crippen LogP contribution < -0.4 is 0 Å². The Morgan fingerprint density at radius 3 is 2.53 bits per heavy atom. The molecular weight excluding hydrogens is 260 g/mol. The lowest BCUT2D eigenvalue weighted by Crippen LogP contribution is -2.35. The van der Waals surface area contributed by atoms with Gasteiger partial charge < -0.3 is 4.74 Å². The van der Waals surface area contributed by atoms with Crippen molar-refractivity contribution in [1.82, 2.24) is 0 Å². The smallest absolute Gasteiger partial charge is 0.178 e. The van der Waals surface area contributed by atoms with Gasteiger partial charge in [-0.25, -0.2) is 0 Å².